The van der Waals surface area contributed by atoms with Crippen LogP contribution < -0.4 is 0 Å². The average Bonchev–Trinajstić information content (AvgIpc) is 3.15. The lowest BCUT2D eigenvalue weighted by molar-refractivity contribution is 0.697. The molecule has 5 rings (SSSR count). The SMILES string of the molecule is CCCCc1cccc(C)c1C1(c2c(C)cccc2CCCC)c2cc(C)ccc2-c2ccc(C)cc21. The van der Waals surface area contributed by atoms with E-state index in [-0.39, 0.29) is 5.41 Å². The van der Waals surface area contributed by atoms with Crippen molar-refractivity contribution in [1.29, 1.82) is 0 Å². The van der Waals surface area contributed by atoms with Gasteiger partial charge in [-0.25, -0.2) is 0 Å². The molecule has 0 bridgehead atoms. The number of benzene rings is 4. The second-order valence-electron chi connectivity index (χ2n) is 11.3. The fraction of sp³-hybridized carbons (Fsp3) is 0.351. The van der Waals surface area contributed by atoms with Crippen LogP contribution in [0.5, 0.6) is 0 Å². The first-order valence-electron chi connectivity index (χ1n) is 14.3. The number of unbranched alkanes of at least 4 members (excludes halogenated alkanes) is 2. The van der Waals surface area contributed by atoms with Gasteiger partial charge in [0, 0.05) is 0 Å². The zero-order valence-electron chi connectivity index (χ0n) is 23.7. The van der Waals surface area contributed by atoms with Crippen molar-refractivity contribution in [3.8, 4) is 11.1 Å². The smallest absolute Gasteiger partial charge is 0.0654 e. The molecule has 1 aliphatic carbocycles. The lowest BCUT2D eigenvalue weighted by Gasteiger charge is -2.39. The second-order valence-corrected chi connectivity index (χ2v) is 11.3. The summed E-state index contributed by atoms with van der Waals surface area (Å²) in [5.74, 6) is 0. The van der Waals surface area contributed by atoms with E-state index in [1.165, 1.54) is 92.4 Å². The van der Waals surface area contributed by atoms with Crippen LogP contribution in [-0.4, -0.2) is 0 Å². The van der Waals surface area contributed by atoms with Gasteiger partial charge in [-0.15, -0.1) is 0 Å². The Morgan fingerprint density at radius 2 is 0.973 bits per heavy atom. The summed E-state index contributed by atoms with van der Waals surface area (Å²) in [6.07, 6.45) is 7.08. The number of rotatable bonds is 8. The minimum atomic E-state index is -0.314. The molecule has 0 saturated carbocycles. The van der Waals surface area contributed by atoms with Gasteiger partial charge in [-0.05, 0) is 109 Å². The number of hydrogen-bond donors (Lipinski definition) is 0. The molecule has 0 unspecified atom stereocenters. The molecular weight excluding hydrogens is 444 g/mol. The zero-order chi connectivity index (χ0) is 26.2. The summed E-state index contributed by atoms with van der Waals surface area (Å²) in [7, 11) is 0. The van der Waals surface area contributed by atoms with E-state index in [2.05, 4.69) is 114 Å². The van der Waals surface area contributed by atoms with Crippen molar-refractivity contribution in [3.05, 3.63) is 128 Å². The highest BCUT2D eigenvalue weighted by Gasteiger charge is 2.49. The standard InChI is InChI=1S/C37H42/c1-7-9-15-29-17-11-13-27(5)35(29)37(36-28(6)14-12-18-30(36)16-10-8-2)33-23-25(3)19-21-31(33)32-22-20-26(4)24-34(32)37/h11-14,17-24H,7-10,15-16H2,1-6H3. The first kappa shape index (κ1) is 25.5. The molecule has 0 heteroatoms. The van der Waals surface area contributed by atoms with Crippen LogP contribution in [0.3, 0.4) is 0 Å². The Bertz CT molecular complexity index is 1320. The fourth-order valence-corrected chi connectivity index (χ4v) is 6.90. The van der Waals surface area contributed by atoms with Crippen LogP contribution in [-0.2, 0) is 18.3 Å². The first-order valence-corrected chi connectivity index (χ1v) is 14.3. The highest BCUT2D eigenvalue weighted by molar-refractivity contribution is 5.88. The van der Waals surface area contributed by atoms with E-state index in [1.807, 2.05) is 0 Å². The van der Waals surface area contributed by atoms with E-state index >= 15 is 0 Å². The Labute approximate surface area is 224 Å². The molecule has 0 aromatic heterocycles. The second kappa shape index (κ2) is 10.3. The molecule has 0 spiro atoms. The maximum atomic E-state index is 2.50. The quantitative estimate of drug-likeness (QED) is 0.205. The maximum Gasteiger partial charge on any atom is 0.0724 e. The summed E-state index contributed by atoms with van der Waals surface area (Å²) in [6, 6.07) is 28.4. The third-order valence-electron chi connectivity index (χ3n) is 8.52. The highest BCUT2D eigenvalue weighted by atomic mass is 14.5. The predicted octanol–water partition coefficient (Wildman–Crippen LogP) is 9.97. The molecule has 0 nitrogen and oxygen atoms in total. The molecule has 4 aromatic carbocycles. The van der Waals surface area contributed by atoms with Gasteiger partial charge in [0.05, 0.1) is 5.41 Å². The van der Waals surface area contributed by atoms with Crippen molar-refractivity contribution in [2.45, 2.75) is 85.5 Å². The molecular formula is C37H42. The molecule has 37 heavy (non-hydrogen) atoms. The van der Waals surface area contributed by atoms with Crippen LogP contribution in [0.25, 0.3) is 11.1 Å². The Balaban J connectivity index is 2.02. The summed E-state index contributed by atoms with van der Waals surface area (Å²) in [5.41, 5.74) is 16.9. The van der Waals surface area contributed by atoms with Gasteiger partial charge in [0.25, 0.3) is 0 Å². The predicted molar refractivity (Wildman–Crippen MR) is 160 cm³/mol. The Morgan fingerprint density at radius 3 is 1.38 bits per heavy atom. The van der Waals surface area contributed by atoms with E-state index in [0.29, 0.717) is 0 Å². The summed E-state index contributed by atoms with van der Waals surface area (Å²) in [5, 5.41) is 0. The van der Waals surface area contributed by atoms with Gasteiger partial charge < -0.3 is 0 Å². The van der Waals surface area contributed by atoms with Crippen LogP contribution in [0.15, 0.2) is 72.8 Å². The number of aryl methyl sites for hydroxylation is 6. The van der Waals surface area contributed by atoms with Crippen molar-refractivity contribution in [2.24, 2.45) is 0 Å². The monoisotopic (exact) mass is 486 g/mol. The van der Waals surface area contributed by atoms with Crippen LogP contribution in [0.2, 0.25) is 0 Å². The maximum absolute atomic E-state index is 2.50. The lowest BCUT2D eigenvalue weighted by atomic mass is 9.62. The minimum Gasteiger partial charge on any atom is -0.0654 e. The molecule has 0 atom stereocenters. The first-order chi connectivity index (χ1) is 17.9. The van der Waals surface area contributed by atoms with Crippen LogP contribution in [0, 0.1) is 27.7 Å². The van der Waals surface area contributed by atoms with Gasteiger partial charge in [-0.2, -0.15) is 0 Å². The van der Waals surface area contributed by atoms with Gasteiger partial charge in [0.2, 0.25) is 0 Å². The molecule has 0 N–H and O–H groups in total. The van der Waals surface area contributed by atoms with Gasteiger partial charge in [-0.3, -0.25) is 0 Å². The molecule has 0 saturated heterocycles. The van der Waals surface area contributed by atoms with Gasteiger partial charge in [-0.1, -0.05) is 111 Å². The summed E-state index contributed by atoms with van der Waals surface area (Å²) >= 11 is 0. The molecule has 0 radical (unpaired) electrons. The molecule has 0 amide bonds. The molecule has 0 fully saturated rings. The lowest BCUT2D eigenvalue weighted by Crippen LogP contribution is -2.33. The van der Waals surface area contributed by atoms with Gasteiger partial charge >= 0.3 is 0 Å². The largest absolute Gasteiger partial charge is 0.0724 e. The average molecular weight is 487 g/mol. The van der Waals surface area contributed by atoms with E-state index < -0.39 is 0 Å². The van der Waals surface area contributed by atoms with Crippen LogP contribution in [0.1, 0.15) is 95.2 Å². The molecule has 1 aliphatic rings. The van der Waals surface area contributed by atoms with Crippen LogP contribution >= 0.6 is 0 Å². The summed E-state index contributed by atoms with van der Waals surface area (Å²) in [4.78, 5) is 0. The number of hydrogen-bond acceptors (Lipinski definition) is 0. The number of fused-ring (bicyclic) bond motifs is 3. The summed E-state index contributed by atoms with van der Waals surface area (Å²) < 4.78 is 0. The third-order valence-corrected chi connectivity index (χ3v) is 8.52. The molecule has 0 aliphatic heterocycles. The highest BCUT2D eigenvalue weighted by Crippen LogP contribution is 2.59. The van der Waals surface area contributed by atoms with E-state index in [0.717, 1.165) is 12.8 Å². The van der Waals surface area contributed by atoms with Gasteiger partial charge in [0.1, 0.15) is 0 Å². The van der Waals surface area contributed by atoms with Crippen molar-refractivity contribution < 1.29 is 0 Å². The van der Waals surface area contributed by atoms with Gasteiger partial charge in [0.15, 0.2) is 0 Å². The van der Waals surface area contributed by atoms with E-state index in [1.54, 1.807) is 0 Å². The zero-order valence-corrected chi connectivity index (χ0v) is 23.7. The normalized spacial score (nSPS) is 13.5. The van der Waals surface area contributed by atoms with Crippen molar-refractivity contribution in [1.82, 2.24) is 0 Å². The van der Waals surface area contributed by atoms with E-state index in [4.69, 9.17) is 0 Å². The van der Waals surface area contributed by atoms with Crippen LogP contribution in [0.4, 0.5) is 0 Å². The molecule has 190 valence electrons. The Morgan fingerprint density at radius 1 is 0.541 bits per heavy atom. The van der Waals surface area contributed by atoms with Crippen molar-refractivity contribution in [3.63, 3.8) is 0 Å². The Kier molecular flexibility index (Phi) is 7.13. The fourth-order valence-electron chi connectivity index (χ4n) is 6.90. The third kappa shape index (κ3) is 4.15. The minimum absolute atomic E-state index is 0.314. The molecule has 4 aromatic rings. The van der Waals surface area contributed by atoms with E-state index in [9.17, 15) is 0 Å². The summed E-state index contributed by atoms with van der Waals surface area (Å²) in [6.45, 7) is 13.8. The molecule has 0 heterocycles. The van der Waals surface area contributed by atoms with Crippen molar-refractivity contribution in [2.75, 3.05) is 0 Å². The van der Waals surface area contributed by atoms with Crippen molar-refractivity contribution >= 4 is 0 Å². The Hall–Kier alpha value is -3.12. The topological polar surface area (TPSA) is 0 Å².